The monoisotopic (exact) mass is 593 g/mol. The Labute approximate surface area is 245 Å². The number of benzene rings is 2. The maximum atomic E-state index is 13.6. The zero-order chi connectivity index (χ0) is 30.2. The number of ether oxygens (including phenoxy) is 2. The molecule has 1 fully saturated rings. The lowest BCUT2D eigenvalue weighted by molar-refractivity contribution is 0.00799. The third-order valence-corrected chi connectivity index (χ3v) is 8.31. The van der Waals surface area contributed by atoms with Gasteiger partial charge in [0.1, 0.15) is 11.7 Å². The van der Waals surface area contributed by atoms with Crippen LogP contribution in [0.2, 0.25) is 0 Å². The number of nitrogens with one attached hydrogen (secondary N) is 1. The second kappa shape index (κ2) is 11.2. The highest BCUT2D eigenvalue weighted by molar-refractivity contribution is 7.92. The van der Waals surface area contributed by atoms with Gasteiger partial charge in [-0.25, -0.2) is 22.9 Å². The maximum Gasteiger partial charge on any atom is 0.410 e. The van der Waals surface area contributed by atoms with Gasteiger partial charge in [-0.2, -0.15) is 4.98 Å². The van der Waals surface area contributed by atoms with E-state index in [9.17, 15) is 18.0 Å². The molecule has 3 aromatic rings. The zero-order valence-electron chi connectivity index (χ0n) is 24.4. The van der Waals surface area contributed by atoms with Crippen LogP contribution in [0.3, 0.4) is 0 Å². The molecule has 2 aromatic carbocycles. The number of amides is 2. The third-order valence-electron chi connectivity index (χ3n) is 6.99. The molecule has 1 aromatic heterocycles. The minimum atomic E-state index is -4.15. The molecular formula is C30H35N5O6S. The number of sulfonamides is 1. The van der Waals surface area contributed by atoms with Crippen molar-refractivity contribution in [1.82, 2.24) is 19.8 Å². The molecule has 1 atom stereocenters. The Bertz CT molecular complexity index is 1620. The quantitative estimate of drug-likeness (QED) is 0.439. The Morgan fingerprint density at radius 1 is 1.02 bits per heavy atom. The average Bonchev–Trinajstić information content (AvgIpc) is 2.88. The standard InChI is InChI=1S/C30H35N5O6S/c1-19-9-6-10-20(2)26(19)24-16-25-32-28(31-24)33-42(38,39)23-12-7-11-21(15-23)27(36)34-13-8-14-35(18-22(17-34)40-25)29(37)41-30(3,4)5/h6-7,9-12,15-16,22H,8,13-14,17-18H2,1-5H3,(H,31,32,33). The number of aryl methyl sites for hydroxylation is 2. The number of fused-ring (bicyclic) bond motifs is 6. The van der Waals surface area contributed by atoms with E-state index in [0.29, 0.717) is 25.2 Å². The van der Waals surface area contributed by atoms with Gasteiger partial charge >= 0.3 is 6.09 Å². The van der Waals surface area contributed by atoms with Crippen LogP contribution in [0, 0.1) is 13.8 Å². The summed E-state index contributed by atoms with van der Waals surface area (Å²) in [5, 5.41) is 0. The van der Waals surface area contributed by atoms with E-state index >= 15 is 0 Å². The Kier molecular flexibility index (Phi) is 7.84. The van der Waals surface area contributed by atoms with Crippen LogP contribution in [0.15, 0.2) is 53.4 Å². The molecule has 0 spiro atoms. The highest BCUT2D eigenvalue weighted by Crippen LogP contribution is 2.30. The first kappa shape index (κ1) is 29.3. The first-order valence-electron chi connectivity index (χ1n) is 13.8. The van der Waals surface area contributed by atoms with Crippen molar-refractivity contribution in [3.8, 4) is 17.1 Å². The summed E-state index contributed by atoms with van der Waals surface area (Å²) in [4.78, 5) is 38.8. The Hall–Kier alpha value is -4.19. The largest absolute Gasteiger partial charge is 0.470 e. The smallest absolute Gasteiger partial charge is 0.410 e. The van der Waals surface area contributed by atoms with Crippen LogP contribution in [0.1, 0.15) is 48.7 Å². The van der Waals surface area contributed by atoms with Crippen molar-refractivity contribution < 1.29 is 27.5 Å². The van der Waals surface area contributed by atoms with Gasteiger partial charge in [-0.1, -0.05) is 24.3 Å². The van der Waals surface area contributed by atoms with Crippen LogP contribution in [0.25, 0.3) is 11.3 Å². The van der Waals surface area contributed by atoms with E-state index in [0.717, 1.165) is 16.7 Å². The predicted molar refractivity (Wildman–Crippen MR) is 157 cm³/mol. The fourth-order valence-corrected chi connectivity index (χ4v) is 6.13. The van der Waals surface area contributed by atoms with Crippen molar-refractivity contribution in [3.63, 3.8) is 0 Å². The van der Waals surface area contributed by atoms with Gasteiger partial charge < -0.3 is 19.3 Å². The van der Waals surface area contributed by atoms with Gasteiger partial charge in [0.15, 0.2) is 0 Å². The number of hydrogen-bond donors (Lipinski definition) is 1. The molecule has 1 unspecified atom stereocenters. The number of nitrogens with zero attached hydrogens (tertiary/aromatic N) is 4. The van der Waals surface area contributed by atoms with E-state index in [2.05, 4.69) is 14.7 Å². The molecule has 5 rings (SSSR count). The molecule has 222 valence electrons. The summed E-state index contributed by atoms with van der Waals surface area (Å²) in [5.41, 5.74) is 2.72. The molecule has 0 saturated carbocycles. The lowest BCUT2D eigenvalue weighted by Gasteiger charge is -2.36. The maximum absolute atomic E-state index is 13.6. The van der Waals surface area contributed by atoms with Crippen molar-refractivity contribution in [2.75, 3.05) is 30.9 Å². The number of aromatic nitrogens is 2. The van der Waals surface area contributed by atoms with Crippen LogP contribution in [-0.4, -0.2) is 78.1 Å². The van der Waals surface area contributed by atoms with Crippen molar-refractivity contribution in [1.29, 1.82) is 0 Å². The third kappa shape index (κ3) is 6.48. The fourth-order valence-electron chi connectivity index (χ4n) is 5.14. The van der Waals surface area contributed by atoms with E-state index < -0.39 is 27.8 Å². The summed E-state index contributed by atoms with van der Waals surface area (Å²) in [6.07, 6.45) is -0.671. The molecule has 0 radical (unpaired) electrons. The first-order valence-corrected chi connectivity index (χ1v) is 15.3. The number of carbonyl (C=O) groups excluding carboxylic acids is 2. The highest BCUT2D eigenvalue weighted by atomic mass is 32.2. The summed E-state index contributed by atoms with van der Waals surface area (Å²) in [7, 11) is -4.15. The van der Waals surface area contributed by atoms with Crippen LogP contribution in [0.4, 0.5) is 10.7 Å². The molecule has 2 aliphatic heterocycles. The SMILES string of the molecule is Cc1cccc(C)c1-c1cc2nc(n1)NS(=O)(=O)c1cccc(c1)C(=O)N1CCCN(C(=O)OC(C)(C)C)CC(C1)O2. The Morgan fingerprint density at radius 2 is 1.74 bits per heavy atom. The molecular weight excluding hydrogens is 558 g/mol. The van der Waals surface area contributed by atoms with Crippen LogP contribution in [-0.2, 0) is 14.8 Å². The van der Waals surface area contributed by atoms with Gasteiger partial charge in [0.05, 0.1) is 23.7 Å². The van der Waals surface area contributed by atoms with E-state index in [-0.39, 0.29) is 41.3 Å². The summed E-state index contributed by atoms with van der Waals surface area (Å²) in [5.74, 6) is -0.402. The lowest BCUT2D eigenvalue weighted by atomic mass is 10.00. The van der Waals surface area contributed by atoms with Gasteiger partial charge in [0.25, 0.3) is 15.9 Å². The van der Waals surface area contributed by atoms with Gasteiger partial charge in [0.2, 0.25) is 11.8 Å². The normalized spacial score (nSPS) is 18.7. The lowest BCUT2D eigenvalue weighted by Crippen LogP contribution is -2.51. The average molecular weight is 594 g/mol. The molecule has 2 amide bonds. The molecule has 11 nitrogen and oxygen atoms in total. The van der Waals surface area contributed by atoms with Crippen molar-refractivity contribution in [3.05, 3.63) is 65.2 Å². The van der Waals surface area contributed by atoms with E-state index in [1.54, 1.807) is 42.7 Å². The van der Waals surface area contributed by atoms with Crippen LogP contribution >= 0.6 is 0 Å². The van der Waals surface area contributed by atoms with Gasteiger partial charge in [-0.15, -0.1) is 0 Å². The summed E-state index contributed by atoms with van der Waals surface area (Å²) < 4.78 is 41.3. The second-order valence-corrected chi connectivity index (χ2v) is 13.3. The predicted octanol–water partition coefficient (Wildman–Crippen LogP) is 4.41. The van der Waals surface area contributed by atoms with Gasteiger partial charge in [-0.05, 0) is 70.4 Å². The van der Waals surface area contributed by atoms with E-state index in [1.807, 2.05) is 32.0 Å². The van der Waals surface area contributed by atoms with Gasteiger partial charge in [-0.3, -0.25) is 4.79 Å². The molecule has 12 heteroatoms. The van der Waals surface area contributed by atoms with Gasteiger partial charge in [0, 0.05) is 30.3 Å². The second-order valence-electron chi connectivity index (χ2n) is 11.6. The molecule has 1 N–H and O–H groups in total. The Balaban J connectivity index is 1.63. The van der Waals surface area contributed by atoms with Crippen molar-refractivity contribution in [2.45, 2.75) is 57.6 Å². The molecule has 6 bridgehead atoms. The number of hydrogen-bond acceptors (Lipinski definition) is 8. The van der Waals surface area contributed by atoms with Crippen molar-refractivity contribution >= 4 is 28.0 Å². The van der Waals surface area contributed by atoms with Crippen LogP contribution < -0.4 is 9.46 Å². The highest BCUT2D eigenvalue weighted by Gasteiger charge is 2.32. The fraction of sp³-hybridized carbons (Fsp3) is 0.400. The van der Waals surface area contributed by atoms with E-state index in [4.69, 9.17) is 9.47 Å². The zero-order valence-corrected chi connectivity index (χ0v) is 25.2. The van der Waals surface area contributed by atoms with Crippen LogP contribution in [0.5, 0.6) is 5.88 Å². The minimum Gasteiger partial charge on any atom is -0.470 e. The first-order chi connectivity index (χ1) is 19.8. The molecule has 3 heterocycles. The summed E-state index contributed by atoms with van der Waals surface area (Å²) in [6, 6.07) is 13.3. The molecule has 42 heavy (non-hydrogen) atoms. The topological polar surface area (TPSA) is 131 Å². The number of anilines is 1. The number of carbonyl (C=O) groups is 2. The number of rotatable bonds is 1. The van der Waals surface area contributed by atoms with E-state index in [1.165, 1.54) is 18.2 Å². The van der Waals surface area contributed by atoms with Crippen molar-refractivity contribution in [2.24, 2.45) is 0 Å². The Morgan fingerprint density at radius 3 is 2.45 bits per heavy atom. The molecule has 1 saturated heterocycles. The summed E-state index contributed by atoms with van der Waals surface area (Å²) >= 11 is 0. The minimum absolute atomic E-state index is 0.0872. The summed E-state index contributed by atoms with van der Waals surface area (Å²) in [6.45, 7) is 10.2. The molecule has 2 aliphatic rings. The molecule has 0 aliphatic carbocycles.